The molecule has 0 atom stereocenters. The highest BCUT2D eigenvalue weighted by Crippen LogP contribution is 2.23. The smallest absolute Gasteiger partial charge is 0.321 e. The number of oxazole rings is 1. The van der Waals surface area contributed by atoms with Crippen molar-refractivity contribution < 1.29 is 9.21 Å². The molecule has 0 spiro atoms. The molecule has 1 aliphatic rings. The van der Waals surface area contributed by atoms with E-state index in [2.05, 4.69) is 35.3 Å². The molecule has 0 radical (unpaired) electrons. The van der Waals surface area contributed by atoms with Gasteiger partial charge in [0.05, 0.1) is 5.69 Å². The van der Waals surface area contributed by atoms with E-state index in [-0.39, 0.29) is 6.03 Å². The number of anilines is 1. The van der Waals surface area contributed by atoms with Gasteiger partial charge in [0.2, 0.25) is 5.89 Å². The van der Waals surface area contributed by atoms with E-state index in [9.17, 15) is 4.79 Å². The zero-order valence-corrected chi connectivity index (χ0v) is 18.7. The maximum Gasteiger partial charge on any atom is 0.321 e. The van der Waals surface area contributed by atoms with E-state index in [0.29, 0.717) is 19.0 Å². The van der Waals surface area contributed by atoms with Gasteiger partial charge in [0.1, 0.15) is 5.76 Å². The lowest BCUT2D eigenvalue weighted by atomic mass is 10.1. The van der Waals surface area contributed by atoms with Gasteiger partial charge in [0.15, 0.2) is 0 Å². The number of nitrogens with zero attached hydrogens (tertiary/aromatic N) is 3. The first-order valence-corrected chi connectivity index (χ1v) is 10.8. The molecular weight excluding hydrogens is 388 g/mol. The molecule has 0 unspecified atom stereocenters. The van der Waals surface area contributed by atoms with Gasteiger partial charge in [0.25, 0.3) is 0 Å². The lowest BCUT2D eigenvalue weighted by molar-refractivity contribution is 0.141. The lowest BCUT2D eigenvalue weighted by Crippen LogP contribution is -2.49. The summed E-state index contributed by atoms with van der Waals surface area (Å²) in [6.07, 6.45) is 0. The molecule has 1 saturated heterocycles. The second kappa shape index (κ2) is 8.94. The van der Waals surface area contributed by atoms with Crippen LogP contribution in [0.25, 0.3) is 11.5 Å². The SMILES string of the molecule is Cc1ccc(-c2nc(CN3CCN(C(=O)Nc4cc(C)cc(C)c4)CC3)c(C)o2)cc1. The second-order valence-electron chi connectivity index (χ2n) is 8.46. The molecule has 3 aromatic rings. The number of hydrogen-bond acceptors (Lipinski definition) is 4. The first-order chi connectivity index (χ1) is 14.9. The Kier molecular flexibility index (Phi) is 6.09. The number of benzene rings is 2. The molecule has 6 heteroatoms. The highest BCUT2D eigenvalue weighted by molar-refractivity contribution is 5.89. The Morgan fingerprint density at radius 3 is 2.23 bits per heavy atom. The third-order valence-corrected chi connectivity index (χ3v) is 5.70. The number of piperazine rings is 1. The van der Waals surface area contributed by atoms with Crippen LogP contribution in [-0.4, -0.2) is 47.0 Å². The number of carbonyl (C=O) groups excluding carboxylic acids is 1. The fourth-order valence-electron chi connectivity index (χ4n) is 3.96. The number of hydrogen-bond donors (Lipinski definition) is 1. The number of carbonyl (C=O) groups is 1. The third-order valence-electron chi connectivity index (χ3n) is 5.70. The van der Waals surface area contributed by atoms with Gasteiger partial charge in [0, 0.05) is 44.0 Å². The summed E-state index contributed by atoms with van der Waals surface area (Å²) in [6, 6.07) is 14.3. The third kappa shape index (κ3) is 5.14. The quantitative estimate of drug-likeness (QED) is 0.653. The predicted molar refractivity (Wildman–Crippen MR) is 123 cm³/mol. The Bertz CT molecular complexity index is 1040. The Balaban J connectivity index is 1.33. The first kappa shape index (κ1) is 21.1. The van der Waals surface area contributed by atoms with Crippen LogP contribution in [0.5, 0.6) is 0 Å². The van der Waals surface area contributed by atoms with Crippen LogP contribution in [0, 0.1) is 27.7 Å². The molecule has 6 nitrogen and oxygen atoms in total. The normalized spacial score (nSPS) is 14.6. The van der Waals surface area contributed by atoms with Crippen LogP contribution in [0.15, 0.2) is 46.9 Å². The van der Waals surface area contributed by atoms with Crippen molar-refractivity contribution in [3.63, 3.8) is 0 Å². The van der Waals surface area contributed by atoms with Crippen LogP contribution in [0.3, 0.4) is 0 Å². The minimum atomic E-state index is -0.0380. The van der Waals surface area contributed by atoms with Crippen molar-refractivity contribution in [2.24, 2.45) is 0 Å². The van der Waals surface area contributed by atoms with Crippen molar-refractivity contribution in [2.45, 2.75) is 34.2 Å². The standard InChI is InChI=1S/C25H30N4O2/c1-17-5-7-21(8-6-17)24-27-23(20(4)31-24)16-28-9-11-29(12-10-28)25(30)26-22-14-18(2)13-19(3)15-22/h5-8,13-15H,9-12,16H2,1-4H3,(H,26,30). The van der Waals surface area contributed by atoms with Crippen LogP contribution < -0.4 is 5.32 Å². The number of rotatable bonds is 4. The topological polar surface area (TPSA) is 61.6 Å². The Labute approximate surface area is 183 Å². The summed E-state index contributed by atoms with van der Waals surface area (Å²) in [7, 11) is 0. The molecule has 2 amide bonds. The average molecular weight is 419 g/mol. The highest BCUT2D eigenvalue weighted by atomic mass is 16.4. The maximum absolute atomic E-state index is 12.7. The summed E-state index contributed by atoms with van der Waals surface area (Å²) in [5.74, 6) is 1.52. The van der Waals surface area contributed by atoms with E-state index < -0.39 is 0 Å². The van der Waals surface area contributed by atoms with Gasteiger partial charge in [-0.25, -0.2) is 9.78 Å². The fourth-order valence-corrected chi connectivity index (χ4v) is 3.96. The van der Waals surface area contributed by atoms with E-state index >= 15 is 0 Å². The zero-order valence-electron chi connectivity index (χ0n) is 18.7. The first-order valence-electron chi connectivity index (χ1n) is 10.8. The molecule has 0 aliphatic carbocycles. The van der Waals surface area contributed by atoms with Gasteiger partial charge < -0.3 is 14.6 Å². The van der Waals surface area contributed by atoms with Crippen LogP contribution in [0.2, 0.25) is 0 Å². The Hall–Kier alpha value is -3.12. The maximum atomic E-state index is 12.7. The summed E-state index contributed by atoms with van der Waals surface area (Å²) in [5, 5.41) is 3.03. The van der Waals surface area contributed by atoms with E-state index in [4.69, 9.17) is 9.40 Å². The van der Waals surface area contributed by atoms with Gasteiger partial charge in [-0.3, -0.25) is 4.90 Å². The Morgan fingerprint density at radius 2 is 1.58 bits per heavy atom. The van der Waals surface area contributed by atoms with Crippen LogP contribution in [0.1, 0.15) is 28.1 Å². The lowest BCUT2D eigenvalue weighted by Gasteiger charge is -2.34. The van der Waals surface area contributed by atoms with Crippen molar-refractivity contribution >= 4 is 11.7 Å². The van der Waals surface area contributed by atoms with Crippen molar-refractivity contribution in [1.29, 1.82) is 0 Å². The molecule has 2 aromatic carbocycles. The van der Waals surface area contributed by atoms with Crippen molar-refractivity contribution in [1.82, 2.24) is 14.8 Å². The number of aryl methyl sites for hydroxylation is 4. The van der Waals surface area contributed by atoms with Crippen LogP contribution >= 0.6 is 0 Å². The van der Waals surface area contributed by atoms with Crippen molar-refractivity contribution in [2.75, 3.05) is 31.5 Å². The predicted octanol–water partition coefficient (Wildman–Crippen LogP) is 4.92. The monoisotopic (exact) mass is 418 g/mol. The van der Waals surface area contributed by atoms with E-state index in [1.165, 1.54) is 5.56 Å². The summed E-state index contributed by atoms with van der Waals surface area (Å²) in [5.41, 5.74) is 6.32. The molecule has 162 valence electrons. The minimum absolute atomic E-state index is 0.0380. The number of urea groups is 1. The molecular formula is C25H30N4O2. The minimum Gasteiger partial charge on any atom is -0.441 e. The molecule has 1 aliphatic heterocycles. The molecule has 0 saturated carbocycles. The second-order valence-corrected chi connectivity index (χ2v) is 8.46. The van der Waals surface area contributed by atoms with Gasteiger partial charge >= 0.3 is 6.03 Å². The van der Waals surface area contributed by atoms with Crippen LogP contribution in [-0.2, 0) is 6.54 Å². The van der Waals surface area contributed by atoms with Crippen molar-refractivity contribution in [3.05, 3.63) is 70.6 Å². The molecule has 1 N–H and O–H groups in total. The van der Waals surface area contributed by atoms with Crippen molar-refractivity contribution in [3.8, 4) is 11.5 Å². The van der Waals surface area contributed by atoms with E-state index in [0.717, 1.165) is 53.5 Å². The molecule has 0 bridgehead atoms. The highest BCUT2D eigenvalue weighted by Gasteiger charge is 2.23. The van der Waals surface area contributed by atoms with Gasteiger partial charge in [-0.05, 0) is 63.1 Å². The molecule has 1 fully saturated rings. The molecule has 1 aromatic heterocycles. The number of nitrogens with one attached hydrogen (secondary N) is 1. The number of aromatic nitrogens is 1. The molecule has 4 rings (SSSR count). The summed E-state index contributed by atoms with van der Waals surface area (Å²) < 4.78 is 5.91. The van der Waals surface area contributed by atoms with Gasteiger partial charge in [-0.15, -0.1) is 0 Å². The summed E-state index contributed by atoms with van der Waals surface area (Å²) >= 11 is 0. The average Bonchev–Trinajstić information content (AvgIpc) is 3.08. The summed E-state index contributed by atoms with van der Waals surface area (Å²) in [6.45, 7) is 11.9. The van der Waals surface area contributed by atoms with Gasteiger partial charge in [-0.1, -0.05) is 23.8 Å². The zero-order chi connectivity index (χ0) is 22.0. The molecule has 2 heterocycles. The largest absolute Gasteiger partial charge is 0.441 e. The summed E-state index contributed by atoms with van der Waals surface area (Å²) in [4.78, 5) is 21.6. The van der Waals surface area contributed by atoms with E-state index in [1.807, 2.05) is 49.9 Å². The van der Waals surface area contributed by atoms with E-state index in [1.54, 1.807) is 0 Å². The molecule has 31 heavy (non-hydrogen) atoms. The number of amides is 2. The fraction of sp³-hybridized carbons (Fsp3) is 0.360. The van der Waals surface area contributed by atoms with Gasteiger partial charge in [-0.2, -0.15) is 0 Å². The van der Waals surface area contributed by atoms with Crippen LogP contribution in [0.4, 0.5) is 10.5 Å². The Morgan fingerprint density at radius 1 is 0.935 bits per heavy atom.